The van der Waals surface area contributed by atoms with Gasteiger partial charge < -0.3 is 5.11 Å². The molecule has 2 rings (SSSR count). The quantitative estimate of drug-likeness (QED) is 0.811. The summed E-state index contributed by atoms with van der Waals surface area (Å²) < 4.78 is 1.52. The van der Waals surface area contributed by atoms with Gasteiger partial charge in [-0.1, -0.05) is 37.3 Å². The molecule has 0 aliphatic rings. The third-order valence-electron chi connectivity index (χ3n) is 2.49. The van der Waals surface area contributed by atoms with E-state index in [0.717, 1.165) is 23.2 Å². The fourth-order valence-electron chi connectivity index (χ4n) is 1.72. The predicted molar refractivity (Wildman–Crippen MR) is 59.7 cm³/mol. The van der Waals surface area contributed by atoms with E-state index in [4.69, 9.17) is 0 Å². The lowest BCUT2D eigenvalue weighted by molar-refractivity contribution is 0.420. The van der Waals surface area contributed by atoms with Gasteiger partial charge in [0.1, 0.15) is 0 Å². The molecule has 0 aliphatic carbocycles. The molecule has 0 bridgehead atoms. The first-order chi connectivity index (χ1) is 7.24. The van der Waals surface area contributed by atoms with E-state index in [9.17, 15) is 5.11 Å². The topological polar surface area (TPSA) is 38.0 Å². The SMILES string of the molecule is CCc1nn(C)c(O)c1-c1ccccc1. The monoisotopic (exact) mass is 202 g/mol. The van der Waals surface area contributed by atoms with Crippen molar-refractivity contribution in [3.05, 3.63) is 36.0 Å². The van der Waals surface area contributed by atoms with Gasteiger partial charge in [-0.05, 0) is 12.0 Å². The van der Waals surface area contributed by atoms with E-state index in [0.29, 0.717) is 0 Å². The van der Waals surface area contributed by atoms with Gasteiger partial charge in [-0.2, -0.15) is 5.10 Å². The van der Waals surface area contributed by atoms with Crippen molar-refractivity contribution in [2.24, 2.45) is 7.05 Å². The zero-order valence-corrected chi connectivity index (χ0v) is 8.94. The average Bonchev–Trinajstić information content (AvgIpc) is 2.56. The molecule has 1 aromatic carbocycles. The van der Waals surface area contributed by atoms with Crippen LogP contribution in [0.15, 0.2) is 30.3 Å². The van der Waals surface area contributed by atoms with E-state index in [2.05, 4.69) is 5.10 Å². The first-order valence-electron chi connectivity index (χ1n) is 5.04. The van der Waals surface area contributed by atoms with Crippen LogP contribution in [0.3, 0.4) is 0 Å². The van der Waals surface area contributed by atoms with Gasteiger partial charge in [0, 0.05) is 7.05 Å². The fraction of sp³-hybridized carbons (Fsp3) is 0.250. The van der Waals surface area contributed by atoms with Crippen LogP contribution in [0.5, 0.6) is 5.88 Å². The summed E-state index contributed by atoms with van der Waals surface area (Å²) in [6, 6.07) is 9.84. The summed E-state index contributed by atoms with van der Waals surface area (Å²) in [5, 5.41) is 14.2. The van der Waals surface area contributed by atoms with Crippen LogP contribution in [0, 0.1) is 0 Å². The maximum Gasteiger partial charge on any atom is 0.217 e. The van der Waals surface area contributed by atoms with Crippen LogP contribution in [0.4, 0.5) is 0 Å². The molecule has 0 spiro atoms. The Morgan fingerprint density at radius 1 is 1.27 bits per heavy atom. The van der Waals surface area contributed by atoms with Gasteiger partial charge in [0.05, 0.1) is 11.3 Å². The zero-order valence-electron chi connectivity index (χ0n) is 8.94. The zero-order chi connectivity index (χ0) is 10.8. The lowest BCUT2D eigenvalue weighted by atomic mass is 10.1. The number of benzene rings is 1. The van der Waals surface area contributed by atoms with Crippen molar-refractivity contribution in [2.75, 3.05) is 0 Å². The molecular formula is C12H14N2O. The summed E-state index contributed by atoms with van der Waals surface area (Å²) in [6.07, 6.45) is 0.818. The summed E-state index contributed by atoms with van der Waals surface area (Å²) in [5.41, 5.74) is 2.79. The summed E-state index contributed by atoms with van der Waals surface area (Å²) in [7, 11) is 1.75. The second kappa shape index (κ2) is 3.77. The molecule has 0 saturated carbocycles. The van der Waals surface area contributed by atoms with Crippen molar-refractivity contribution in [3.63, 3.8) is 0 Å². The minimum Gasteiger partial charge on any atom is -0.493 e. The van der Waals surface area contributed by atoms with E-state index in [-0.39, 0.29) is 5.88 Å². The number of rotatable bonds is 2. The van der Waals surface area contributed by atoms with Crippen molar-refractivity contribution in [1.29, 1.82) is 0 Å². The maximum atomic E-state index is 9.90. The van der Waals surface area contributed by atoms with E-state index >= 15 is 0 Å². The number of nitrogens with zero attached hydrogens (tertiary/aromatic N) is 2. The number of hydrogen-bond acceptors (Lipinski definition) is 2. The van der Waals surface area contributed by atoms with Crippen molar-refractivity contribution in [2.45, 2.75) is 13.3 Å². The minimum absolute atomic E-state index is 0.234. The van der Waals surface area contributed by atoms with Gasteiger partial charge >= 0.3 is 0 Å². The van der Waals surface area contributed by atoms with E-state index in [1.54, 1.807) is 7.05 Å². The first-order valence-corrected chi connectivity index (χ1v) is 5.04. The van der Waals surface area contributed by atoms with Crippen LogP contribution in [0.25, 0.3) is 11.1 Å². The lowest BCUT2D eigenvalue weighted by Crippen LogP contribution is -1.90. The Kier molecular flexibility index (Phi) is 2.46. The van der Waals surface area contributed by atoms with E-state index in [1.165, 1.54) is 4.68 Å². The van der Waals surface area contributed by atoms with Gasteiger partial charge in [0.25, 0.3) is 0 Å². The van der Waals surface area contributed by atoms with Gasteiger partial charge in [0.2, 0.25) is 5.88 Å². The highest BCUT2D eigenvalue weighted by atomic mass is 16.3. The van der Waals surface area contributed by atoms with Gasteiger partial charge in [-0.25, -0.2) is 4.68 Å². The van der Waals surface area contributed by atoms with E-state index < -0.39 is 0 Å². The average molecular weight is 202 g/mol. The predicted octanol–water partition coefficient (Wildman–Crippen LogP) is 2.36. The molecule has 0 radical (unpaired) electrons. The molecule has 3 heteroatoms. The molecule has 0 aliphatic heterocycles. The second-order valence-electron chi connectivity index (χ2n) is 3.49. The van der Waals surface area contributed by atoms with Crippen LogP contribution in [0.2, 0.25) is 0 Å². The molecule has 0 fully saturated rings. The Balaban J connectivity index is 2.61. The van der Waals surface area contributed by atoms with Crippen molar-refractivity contribution in [1.82, 2.24) is 9.78 Å². The molecule has 0 amide bonds. The smallest absolute Gasteiger partial charge is 0.217 e. The highest BCUT2D eigenvalue weighted by molar-refractivity contribution is 5.71. The number of aromatic hydroxyl groups is 1. The summed E-state index contributed by atoms with van der Waals surface area (Å²) in [6.45, 7) is 2.04. The second-order valence-corrected chi connectivity index (χ2v) is 3.49. The molecule has 0 atom stereocenters. The van der Waals surface area contributed by atoms with Crippen LogP contribution >= 0.6 is 0 Å². The largest absolute Gasteiger partial charge is 0.493 e. The highest BCUT2D eigenvalue weighted by Crippen LogP contribution is 2.31. The van der Waals surface area contributed by atoms with Crippen LogP contribution in [0.1, 0.15) is 12.6 Å². The van der Waals surface area contributed by atoms with E-state index in [1.807, 2.05) is 37.3 Å². The highest BCUT2D eigenvalue weighted by Gasteiger charge is 2.15. The third-order valence-corrected chi connectivity index (χ3v) is 2.49. The van der Waals surface area contributed by atoms with Crippen molar-refractivity contribution < 1.29 is 5.11 Å². The number of hydrogen-bond donors (Lipinski definition) is 1. The Morgan fingerprint density at radius 2 is 1.93 bits per heavy atom. The Bertz CT molecular complexity index is 460. The fourth-order valence-corrected chi connectivity index (χ4v) is 1.72. The molecule has 1 heterocycles. The molecule has 0 saturated heterocycles. The number of aromatic nitrogens is 2. The summed E-state index contributed by atoms with van der Waals surface area (Å²) in [5.74, 6) is 0.234. The minimum atomic E-state index is 0.234. The molecule has 15 heavy (non-hydrogen) atoms. The van der Waals surface area contributed by atoms with Gasteiger partial charge in [0.15, 0.2) is 0 Å². The van der Waals surface area contributed by atoms with Gasteiger partial charge in [-0.15, -0.1) is 0 Å². The summed E-state index contributed by atoms with van der Waals surface area (Å²) in [4.78, 5) is 0. The molecule has 3 nitrogen and oxygen atoms in total. The van der Waals surface area contributed by atoms with Crippen LogP contribution in [-0.4, -0.2) is 14.9 Å². The molecule has 1 N–H and O–H groups in total. The molecule has 2 aromatic rings. The summed E-state index contributed by atoms with van der Waals surface area (Å²) >= 11 is 0. The standard InChI is InChI=1S/C12H14N2O/c1-3-10-11(12(15)14(2)13-10)9-7-5-4-6-8-9/h4-8,15H,3H2,1-2H3. The third kappa shape index (κ3) is 1.61. The number of aryl methyl sites for hydroxylation is 2. The maximum absolute atomic E-state index is 9.90. The van der Waals surface area contributed by atoms with Crippen molar-refractivity contribution in [3.8, 4) is 17.0 Å². The molecule has 0 unspecified atom stereocenters. The molecular weight excluding hydrogens is 188 g/mol. The van der Waals surface area contributed by atoms with Crippen LogP contribution in [-0.2, 0) is 13.5 Å². The molecule has 78 valence electrons. The van der Waals surface area contributed by atoms with Crippen LogP contribution < -0.4 is 0 Å². The molecule has 1 aromatic heterocycles. The lowest BCUT2D eigenvalue weighted by Gasteiger charge is -2.00. The normalized spacial score (nSPS) is 10.5. The van der Waals surface area contributed by atoms with Crippen molar-refractivity contribution >= 4 is 0 Å². The first kappa shape index (κ1) is 9.77. The Hall–Kier alpha value is -1.77. The van der Waals surface area contributed by atoms with Gasteiger partial charge in [-0.3, -0.25) is 0 Å². The Labute approximate surface area is 89.0 Å². The Morgan fingerprint density at radius 3 is 2.53 bits per heavy atom.